The maximum atomic E-state index is 11.6. The van der Waals surface area contributed by atoms with Gasteiger partial charge in [-0.25, -0.2) is 19.2 Å². The Kier molecular flexibility index (Phi) is 12.4. The van der Waals surface area contributed by atoms with Gasteiger partial charge in [-0.15, -0.1) is 0 Å². The molecule has 0 fully saturated rings. The minimum absolute atomic E-state index is 0. The van der Waals surface area contributed by atoms with Gasteiger partial charge in [0.1, 0.15) is 0 Å². The van der Waals surface area contributed by atoms with Crippen LogP contribution in [0.4, 0.5) is 0 Å². The van der Waals surface area contributed by atoms with Crippen LogP contribution in [0.5, 0.6) is 0 Å². The Balaban J connectivity index is 0. The quantitative estimate of drug-likeness (QED) is 0.496. The summed E-state index contributed by atoms with van der Waals surface area (Å²) in [5, 5.41) is 16.8. The van der Waals surface area contributed by atoms with Crippen molar-refractivity contribution >= 4 is 83.0 Å². The number of carbonyl (C=O) groups is 4. The van der Waals surface area contributed by atoms with Crippen LogP contribution in [0.25, 0.3) is 0 Å². The van der Waals surface area contributed by atoms with Crippen molar-refractivity contribution in [3.8, 4) is 0 Å². The minimum atomic E-state index is -1.34. The van der Waals surface area contributed by atoms with Gasteiger partial charge in [0.2, 0.25) is 0 Å². The molecule has 10 heteroatoms. The molecule has 1 rings (SSSR count). The summed E-state index contributed by atoms with van der Waals surface area (Å²) in [4.78, 5) is 43.8. The van der Waals surface area contributed by atoms with E-state index < -0.39 is 37.1 Å². The van der Waals surface area contributed by atoms with E-state index in [9.17, 15) is 19.2 Å². The van der Waals surface area contributed by atoms with Gasteiger partial charge in [-0.1, -0.05) is 12.1 Å². The predicted octanol–water partition coefficient (Wildman–Crippen LogP) is -1.13. The first-order valence-corrected chi connectivity index (χ1v) is 5.28. The van der Waals surface area contributed by atoms with Gasteiger partial charge in [-0.05, 0) is 12.1 Å². The van der Waals surface area contributed by atoms with Gasteiger partial charge in [0, 0.05) is 0 Å². The van der Waals surface area contributed by atoms with Gasteiger partial charge < -0.3 is 19.7 Å². The Bertz CT molecular complexity index is 509. The predicted molar refractivity (Wildman–Crippen MR) is 76.6 cm³/mol. The molecule has 0 aliphatic heterocycles. The van der Waals surface area contributed by atoms with Gasteiger partial charge in [-0.3, -0.25) is 0 Å². The van der Waals surface area contributed by atoms with Crippen LogP contribution in [0.15, 0.2) is 24.3 Å². The molecule has 110 valence electrons. The number of carboxylic acids is 2. The molecule has 0 saturated heterocycles. The molecule has 22 heavy (non-hydrogen) atoms. The molecule has 0 aromatic heterocycles. The molecular weight excluding hydrogens is 318 g/mol. The van der Waals surface area contributed by atoms with Gasteiger partial charge >= 0.3 is 83.0 Å². The van der Waals surface area contributed by atoms with E-state index in [-0.39, 0.29) is 70.2 Å². The molecule has 0 saturated carbocycles. The van der Waals surface area contributed by atoms with E-state index in [1.807, 2.05) is 0 Å². The second kappa shape index (κ2) is 11.6. The molecule has 0 spiro atoms. The Morgan fingerprint density at radius 2 is 1.09 bits per heavy atom. The molecular formula is C12H12Na2O8. The topological polar surface area (TPSA) is 127 Å². The van der Waals surface area contributed by atoms with Crippen LogP contribution < -0.4 is 0 Å². The van der Waals surface area contributed by atoms with Gasteiger partial charge in [-0.2, -0.15) is 0 Å². The fourth-order valence-electron chi connectivity index (χ4n) is 1.25. The molecule has 8 nitrogen and oxygen atoms in total. The van der Waals surface area contributed by atoms with Crippen LogP contribution in [0.1, 0.15) is 20.7 Å². The van der Waals surface area contributed by atoms with Crippen molar-refractivity contribution in [3.63, 3.8) is 0 Å². The summed E-state index contributed by atoms with van der Waals surface area (Å²) in [6, 6.07) is 5.35. The van der Waals surface area contributed by atoms with Crippen molar-refractivity contribution in [2.24, 2.45) is 0 Å². The first-order chi connectivity index (χ1) is 9.41. The summed E-state index contributed by atoms with van der Waals surface area (Å²) in [6.45, 7) is -1.70. The fourth-order valence-corrected chi connectivity index (χ4v) is 1.25. The Labute approximate surface area is 169 Å². The van der Waals surface area contributed by atoms with Crippen molar-refractivity contribution < 1.29 is 38.9 Å². The number of rotatable bonds is 6. The number of carboxylic acid groups (broad SMARTS) is 2. The number of benzene rings is 1. The second-order valence-electron chi connectivity index (χ2n) is 3.49. The molecule has 0 heterocycles. The van der Waals surface area contributed by atoms with E-state index in [2.05, 4.69) is 9.47 Å². The molecule has 0 radical (unpaired) electrons. The molecule has 0 atom stereocenters. The third-order valence-electron chi connectivity index (χ3n) is 2.02. The van der Waals surface area contributed by atoms with Crippen molar-refractivity contribution in [1.29, 1.82) is 0 Å². The fraction of sp³-hybridized carbons (Fsp3) is 0.167. The summed E-state index contributed by atoms with van der Waals surface area (Å²) in [6.07, 6.45) is 0. The Morgan fingerprint density at radius 3 is 1.36 bits per heavy atom. The van der Waals surface area contributed by atoms with E-state index in [1.54, 1.807) is 0 Å². The van der Waals surface area contributed by atoms with Crippen molar-refractivity contribution in [2.45, 2.75) is 0 Å². The van der Waals surface area contributed by atoms with E-state index >= 15 is 0 Å². The summed E-state index contributed by atoms with van der Waals surface area (Å²) >= 11 is 0. The summed E-state index contributed by atoms with van der Waals surface area (Å²) in [5.41, 5.74) is -0.409. The second-order valence-corrected chi connectivity index (χ2v) is 3.49. The van der Waals surface area contributed by atoms with Gasteiger partial charge in [0.25, 0.3) is 0 Å². The number of carbonyl (C=O) groups excluding carboxylic acids is 2. The van der Waals surface area contributed by atoms with Crippen LogP contribution in [-0.4, -0.2) is 106 Å². The summed E-state index contributed by atoms with van der Waals surface area (Å²) in [5.74, 6) is -4.72. The SMILES string of the molecule is O=C(O)COC(=O)c1ccccc1C(=O)OCC(=O)O.[NaH].[NaH]. The maximum absolute atomic E-state index is 11.6. The Morgan fingerprint density at radius 1 is 0.773 bits per heavy atom. The molecule has 0 bridgehead atoms. The zero-order chi connectivity index (χ0) is 15.1. The number of aliphatic carboxylic acids is 2. The Hall–Kier alpha value is -0.900. The molecule has 2 N–H and O–H groups in total. The van der Waals surface area contributed by atoms with Crippen LogP contribution in [0.2, 0.25) is 0 Å². The molecule has 0 unspecified atom stereocenters. The monoisotopic (exact) mass is 330 g/mol. The summed E-state index contributed by atoms with van der Waals surface area (Å²) < 4.78 is 8.89. The third kappa shape index (κ3) is 7.92. The molecule has 0 aliphatic carbocycles. The van der Waals surface area contributed by atoms with Crippen LogP contribution in [-0.2, 0) is 19.1 Å². The standard InChI is InChI=1S/C12H10O8.2Na.2H/c13-9(14)5-19-11(17)7-3-1-2-4-8(7)12(18)20-6-10(15)16;;;;/h1-4H,5-6H2,(H,13,14)(H,15,16);;;;. The molecule has 1 aromatic rings. The average molecular weight is 330 g/mol. The summed E-state index contributed by atoms with van der Waals surface area (Å²) in [7, 11) is 0. The zero-order valence-electron chi connectivity index (χ0n) is 10.1. The molecule has 0 amide bonds. The van der Waals surface area contributed by atoms with E-state index in [1.165, 1.54) is 24.3 Å². The van der Waals surface area contributed by atoms with Crippen LogP contribution >= 0.6 is 0 Å². The molecule has 1 aromatic carbocycles. The molecule has 0 aliphatic rings. The van der Waals surface area contributed by atoms with E-state index in [0.717, 1.165) is 0 Å². The van der Waals surface area contributed by atoms with Gasteiger partial charge in [0.05, 0.1) is 11.1 Å². The number of hydrogen-bond acceptors (Lipinski definition) is 6. The normalized spacial score (nSPS) is 8.73. The number of esters is 2. The number of ether oxygens (including phenoxy) is 2. The third-order valence-corrected chi connectivity index (χ3v) is 2.02. The van der Waals surface area contributed by atoms with E-state index in [4.69, 9.17) is 10.2 Å². The van der Waals surface area contributed by atoms with Crippen molar-refractivity contribution in [1.82, 2.24) is 0 Å². The van der Waals surface area contributed by atoms with E-state index in [0.29, 0.717) is 0 Å². The number of hydrogen-bond donors (Lipinski definition) is 2. The first-order valence-electron chi connectivity index (χ1n) is 5.28. The van der Waals surface area contributed by atoms with Crippen molar-refractivity contribution in [3.05, 3.63) is 35.4 Å². The zero-order valence-corrected chi connectivity index (χ0v) is 10.1. The first kappa shape index (κ1) is 23.4. The van der Waals surface area contributed by atoms with Gasteiger partial charge in [0.15, 0.2) is 13.2 Å². The van der Waals surface area contributed by atoms with Crippen LogP contribution in [0.3, 0.4) is 0 Å². The van der Waals surface area contributed by atoms with Crippen LogP contribution in [0, 0.1) is 0 Å². The average Bonchev–Trinajstić information content (AvgIpc) is 2.42. The van der Waals surface area contributed by atoms with Crippen molar-refractivity contribution in [2.75, 3.05) is 13.2 Å².